The molecule has 25 heavy (non-hydrogen) atoms. The third-order valence-electron chi connectivity index (χ3n) is 4.76. The quantitative estimate of drug-likeness (QED) is 0.798. The summed E-state index contributed by atoms with van der Waals surface area (Å²) in [5.41, 5.74) is 3.12. The number of rotatable bonds is 3. The van der Waals surface area contributed by atoms with Crippen molar-refractivity contribution in [2.24, 2.45) is 0 Å². The van der Waals surface area contributed by atoms with Crippen LogP contribution in [0.3, 0.4) is 0 Å². The molecule has 1 amide bonds. The Balaban J connectivity index is 1.46. The summed E-state index contributed by atoms with van der Waals surface area (Å²) in [4.78, 5) is 29.1. The minimum atomic E-state index is -0.185. The molecule has 4 rings (SSSR count). The fourth-order valence-electron chi connectivity index (χ4n) is 3.47. The van der Waals surface area contributed by atoms with Crippen LogP contribution in [0.15, 0.2) is 59.7 Å². The molecule has 0 saturated carbocycles. The van der Waals surface area contributed by atoms with Crippen molar-refractivity contribution in [2.45, 2.75) is 31.8 Å². The number of nitrogens with one attached hydrogen (secondary N) is 1. The molecule has 1 aliphatic rings. The molecule has 1 heterocycles. The Bertz CT molecular complexity index is 993. The fraction of sp³-hybridized carbons (Fsp3) is 0.250. The summed E-state index contributed by atoms with van der Waals surface area (Å²) in [5, 5.41) is 3.59. The zero-order valence-corrected chi connectivity index (χ0v) is 13.8. The van der Waals surface area contributed by atoms with E-state index in [9.17, 15) is 9.59 Å². The number of carbonyl (C=O) groups excluding carboxylic acids is 1. The van der Waals surface area contributed by atoms with Crippen LogP contribution in [-0.4, -0.2) is 21.5 Å². The molecule has 3 aromatic rings. The smallest absolute Gasteiger partial charge is 0.261 e. The summed E-state index contributed by atoms with van der Waals surface area (Å²) in [6, 6.07) is 15.6. The highest BCUT2D eigenvalue weighted by atomic mass is 16.2. The van der Waals surface area contributed by atoms with Crippen LogP contribution in [0.2, 0.25) is 0 Å². The molecule has 0 spiro atoms. The second-order valence-electron chi connectivity index (χ2n) is 6.47. The summed E-state index contributed by atoms with van der Waals surface area (Å²) in [5.74, 6) is -0.149. The average molecular weight is 333 g/mol. The normalized spacial score (nSPS) is 16.4. The lowest BCUT2D eigenvalue weighted by Crippen LogP contribution is -2.41. The van der Waals surface area contributed by atoms with Crippen molar-refractivity contribution in [3.05, 3.63) is 76.3 Å². The zero-order valence-electron chi connectivity index (χ0n) is 13.8. The van der Waals surface area contributed by atoms with E-state index in [1.165, 1.54) is 22.0 Å². The van der Waals surface area contributed by atoms with Crippen LogP contribution in [0.25, 0.3) is 10.9 Å². The molecular weight excluding hydrogens is 314 g/mol. The molecule has 126 valence electrons. The zero-order chi connectivity index (χ0) is 17.2. The highest BCUT2D eigenvalue weighted by Gasteiger charge is 2.20. The lowest BCUT2D eigenvalue weighted by Gasteiger charge is -2.25. The highest BCUT2D eigenvalue weighted by Crippen LogP contribution is 2.20. The van der Waals surface area contributed by atoms with Crippen molar-refractivity contribution in [1.29, 1.82) is 0 Å². The van der Waals surface area contributed by atoms with Crippen molar-refractivity contribution in [2.75, 3.05) is 0 Å². The fourth-order valence-corrected chi connectivity index (χ4v) is 3.47. The summed E-state index contributed by atoms with van der Waals surface area (Å²) in [7, 11) is 0. The van der Waals surface area contributed by atoms with Gasteiger partial charge in [0.25, 0.3) is 5.56 Å². The Kier molecular flexibility index (Phi) is 4.06. The van der Waals surface area contributed by atoms with Gasteiger partial charge < -0.3 is 5.32 Å². The van der Waals surface area contributed by atoms with Gasteiger partial charge in [-0.15, -0.1) is 0 Å². The number of nitrogens with zero attached hydrogens (tertiary/aromatic N) is 2. The summed E-state index contributed by atoms with van der Waals surface area (Å²) < 4.78 is 1.37. The maximum Gasteiger partial charge on any atom is 0.261 e. The van der Waals surface area contributed by atoms with Gasteiger partial charge in [-0.05, 0) is 42.5 Å². The van der Waals surface area contributed by atoms with Crippen LogP contribution in [0.4, 0.5) is 0 Å². The molecule has 5 heteroatoms. The van der Waals surface area contributed by atoms with Crippen LogP contribution in [0.1, 0.15) is 17.5 Å². The van der Waals surface area contributed by atoms with Gasteiger partial charge >= 0.3 is 0 Å². The number of hydrogen-bond acceptors (Lipinski definition) is 3. The van der Waals surface area contributed by atoms with Gasteiger partial charge in [-0.25, -0.2) is 4.98 Å². The first-order valence-corrected chi connectivity index (χ1v) is 8.51. The van der Waals surface area contributed by atoms with Crippen LogP contribution in [-0.2, 0) is 24.2 Å². The van der Waals surface area contributed by atoms with Crippen molar-refractivity contribution in [3.8, 4) is 0 Å². The molecular formula is C20H19N3O2. The molecule has 1 atom stereocenters. The first-order valence-electron chi connectivity index (χ1n) is 8.51. The maximum absolute atomic E-state index is 12.5. The van der Waals surface area contributed by atoms with Gasteiger partial charge in [0.15, 0.2) is 0 Å². The lowest BCUT2D eigenvalue weighted by atomic mass is 9.88. The molecule has 0 bridgehead atoms. The minimum Gasteiger partial charge on any atom is -0.351 e. The molecule has 0 aliphatic heterocycles. The van der Waals surface area contributed by atoms with Gasteiger partial charge in [0.1, 0.15) is 6.54 Å². The summed E-state index contributed by atoms with van der Waals surface area (Å²) >= 11 is 0. The Morgan fingerprint density at radius 2 is 1.88 bits per heavy atom. The predicted octanol–water partition coefficient (Wildman–Crippen LogP) is 2.07. The number of para-hydroxylation sites is 1. The Morgan fingerprint density at radius 1 is 1.12 bits per heavy atom. The van der Waals surface area contributed by atoms with E-state index in [1.807, 2.05) is 12.1 Å². The molecule has 5 nitrogen and oxygen atoms in total. The van der Waals surface area contributed by atoms with Gasteiger partial charge in [-0.3, -0.25) is 14.2 Å². The molecule has 1 unspecified atom stereocenters. The number of benzene rings is 2. The highest BCUT2D eigenvalue weighted by molar-refractivity contribution is 5.79. The molecule has 0 fully saturated rings. The topological polar surface area (TPSA) is 64.0 Å². The van der Waals surface area contributed by atoms with Crippen molar-refractivity contribution in [1.82, 2.24) is 14.9 Å². The van der Waals surface area contributed by atoms with Crippen LogP contribution >= 0.6 is 0 Å². The van der Waals surface area contributed by atoms with E-state index in [2.05, 4.69) is 28.5 Å². The number of hydrogen-bond donors (Lipinski definition) is 1. The van der Waals surface area contributed by atoms with Crippen molar-refractivity contribution >= 4 is 16.8 Å². The van der Waals surface area contributed by atoms with E-state index >= 15 is 0 Å². The third-order valence-corrected chi connectivity index (χ3v) is 4.76. The lowest BCUT2D eigenvalue weighted by molar-refractivity contribution is -0.122. The number of fused-ring (bicyclic) bond motifs is 2. The van der Waals surface area contributed by atoms with Gasteiger partial charge in [-0.2, -0.15) is 0 Å². The van der Waals surface area contributed by atoms with Crippen LogP contribution in [0, 0.1) is 0 Å². The first-order chi connectivity index (χ1) is 12.2. The second kappa shape index (κ2) is 6.51. The number of aromatic nitrogens is 2. The van der Waals surface area contributed by atoms with Gasteiger partial charge in [0, 0.05) is 6.04 Å². The standard InChI is InChI=1S/C20H19N3O2/c24-19(22-16-10-9-14-5-1-2-6-15(14)11-16)12-23-13-21-18-8-4-3-7-17(18)20(23)25/h1-8,13,16H,9-12H2,(H,22,24). The summed E-state index contributed by atoms with van der Waals surface area (Å²) in [6.45, 7) is -0.00514. The molecule has 1 aromatic heterocycles. The van der Waals surface area contributed by atoms with Gasteiger partial charge in [0.2, 0.25) is 5.91 Å². The Hall–Kier alpha value is -2.95. The van der Waals surface area contributed by atoms with E-state index < -0.39 is 0 Å². The second-order valence-corrected chi connectivity index (χ2v) is 6.47. The molecule has 0 saturated heterocycles. The van der Waals surface area contributed by atoms with Gasteiger partial charge in [-0.1, -0.05) is 36.4 Å². The number of aryl methyl sites for hydroxylation is 1. The van der Waals surface area contributed by atoms with Crippen LogP contribution in [0.5, 0.6) is 0 Å². The van der Waals surface area contributed by atoms with E-state index in [0.717, 1.165) is 19.3 Å². The number of amides is 1. The molecule has 1 aliphatic carbocycles. The van der Waals surface area contributed by atoms with E-state index in [0.29, 0.717) is 10.9 Å². The minimum absolute atomic E-state index is 0.00514. The van der Waals surface area contributed by atoms with E-state index in [-0.39, 0.29) is 24.1 Å². The average Bonchev–Trinajstić information content (AvgIpc) is 2.64. The SMILES string of the molecule is O=C(Cn1cnc2ccccc2c1=O)NC1CCc2ccccc2C1. The Labute approximate surface area is 145 Å². The molecule has 1 N–H and O–H groups in total. The Morgan fingerprint density at radius 3 is 2.76 bits per heavy atom. The maximum atomic E-state index is 12.5. The predicted molar refractivity (Wildman–Crippen MR) is 96.4 cm³/mol. The first kappa shape index (κ1) is 15.6. The van der Waals surface area contributed by atoms with Crippen molar-refractivity contribution in [3.63, 3.8) is 0 Å². The molecule has 0 radical (unpaired) electrons. The van der Waals surface area contributed by atoms with E-state index in [1.54, 1.807) is 18.2 Å². The molecule has 2 aromatic carbocycles. The third kappa shape index (κ3) is 3.18. The largest absolute Gasteiger partial charge is 0.351 e. The van der Waals surface area contributed by atoms with E-state index in [4.69, 9.17) is 0 Å². The monoisotopic (exact) mass is 333 g/mol. The summed E-state index contributed by atoms with van der Waals surface area (Å²) in [6.07, 6.45) is 4.18. The van der Waals surface area contributed by atoms with Gasteiger partial charge in [0.05, 0.1) is 17.2 Å². The van der Waals surface area contributed by atoms with Crippen LogP contribution < -0.4 is 10.9 Å². The van der Waals surface area contributed by atoms with Crippen molar-refractivity contribution < 1.29 is 4.79 Å². The number of carbonyl (C=O) groups is 1.